The molecule has 0 saturated heterocycles. The topological polar surface area (TPSA) is 50.7 Å². The van der Waals surface area contributed by atoms with E-state index in [-0.39, 0.29) is 0 Å². The number of para-hydroxylation sites is 1. The van der Waals surface area contributed by atoms with Gasteiger partial charge in [-0.05, 0) is 46.3 Å². The van der Waals surface area contributed by atoms with Crippen LogP contribution >= 0.6 is 15.9 Å². The summed E-state index contributed by atoms with van der Waals surface area (Å²) in [7, 11) is 3.18. The molecule has 0 fully saturated rings. The monoisotopic (exact) mass is 351 g/mol. The lowest BCUT2D eigenvalue weighted by Crippen LogP contribution is -2.13. The molecule has 0 bridgehead atoms. The van der Waals surface area contributed by atoms with Crippen LogP contribution in [0.4, 0.5) is 5.69 Å². The minimum atomic E-state index is -0.706. The zero-order valence-corrected chi connectivity index (χ0v) is 13.6. The number of hydrogen-bond donors (Lipinski definition) is 2. The fraction of sp³-hybridized carbons (Fsp3) is 0.250. The van der Waals surface area contributed by atoms with Gasteiger partial charge in [0.2, 0.25) is 0 Å². The highest BCUT2D eigenvalue weighted by atomic mass is 79.9. The molecule has 21 heavy (non-hydrogen) atoms. The number of ether oxygens (including phenoxy) is 2. The Balaban J connectivity index is 2.13. The van der Waals surface area contributed by atoms with E-state index < -0.39 is 6.10 Å². The van der Waals surface area contributed by atoms with Crippen LogP contribution in [0.5, 0.6) is 11.5 Å². The molecule has 0 radical (unpaired) electrons. The van der Waals surface area contributed by atoms with Crippen molar-refractivity contribution in [1.82, 2.24) is 0 Å². The number of halogens is 1. The van der Waals surface area contributed by atoms with Crippen LogP contribution in [0.2, 0.25) is 0 Å². The van der Waals surface area contributed by atoms with E-state index in [1.165, 1.54) is 0 Å². The maximum atomic E-state index is 10.4. The Morgan fingerprint density at radius 2 is 1.90 bits per heavy atom. The van der Waals surface area contributed by atoms with Gasteiger partial charge in [-0.15, -0.1) is 0 Å². The lowest BCUT2D eigenvalue weighted by atomic mass is 10.1. The largest absolute Gasteiger partial charge is 0.497 e. The highest BCUT2D eigenvalue weighted by Crippen LogP contribution is 2.30. The van der Waals surface area contributed by atoms with Gasteiger partial charge < -0.3 is 19.9 Å². The molecule has 0 heterocycles. The van der Waals surface area contributed by atoms with Crippen LogP contribution in [-0.4, -0.2) is 25.9 Å². The molecule has 1 unspecified atom stereocenters. The van der Waals surface area contributed by atoms with Crippen LogP contribution < -0.4 is 14.8 Å². The van der Waals surface area contributed by atoms with Crippen LogP contribution in [-0.2, 0) is 0 Å². The van der Waals surface area contributed by atoms with Crippen molar-refractivity contribution < 1.29 is 14.6 Å². The van der Waals surface area contributed by atoms with Crippen molar-refractivity contribution in [1.29, 1.82) is 0 Å². The smallest absolute Gasteiger partial charge is 0.124 e. The third-order valence-corrected chi connectivity index (χ3v) is 3.85. The maximum Gasteiger partial charge on any atom is 0.124 e. The highest BCUT2D eigenvalue weighted by Gasteiger charge is 2.14. The van der Waals surface area contributed by atoms with Gasteiger partial charge in [0, 0.05) is 22.3 Å². The van der Waals surface area contributed by atoms with E-state index in [9.17, 15) is 5.11 Å². The van der Waals surface area contributed by atoms with Gasteiger partial charge in [-0.25, -0.2) is 0 Å². The van der Waals surface area contributed by atoms with Crippen LogP contribution in [0.1, 0.15) is 11.7 Å². The number of methoxy groups -OCH3 is 2. The minimum absolute atomic E-state index is 0.367. The van der Waals surface area contributed by atoms with Crippen molar-refractivity contribution in [2.75, 3.05) is 26.1 Å². The molecule has 112 valence electrons. The molecule has 0 saturated carbocycles. The van der Waals surface area contributed by atoms with Gasteiger partial charge in [0.15, 0.2) is 0 Å². The molecule has 0 spiro atoms. The molecule has 0 aromatic heterocycles. The third-order valence-electron chi connectivity index (χ3n) is 3.16. The van der Waals surface area contributed by atoms with Gasteiger partial charge in [-0.2, -0.15) is 0 Å². The lowest BCUT2D eigenvalue weighted by Gasteiger charge is -2.17. The molecule has 0 aliphatic carbocycles. The molecule has 2 aromatic rings. The van der Waals surface area contributed by atoms with Gasteiger partial charge >= 0.3 is 0 Å². The zero-order valence-electron chi connectivity index (χ0n) is 12.0. The first kappa shape index (κ1) is 15.7. The number of anilines is 1. The molecule has 5 heteroatoms. The van der Waals surface area contributed by atoms with Crippen molar-refractivity contribution >= 4 is 21.6 Å². The minimum Gasteiger partial charge on any atom is -0.497 e. The van der Waals surface area contributed by atoms with Gasteiger partial charge in [-0.1, -0.05) is 12.1 Å². The second kappa shape index (κ2) is 7.33. The van der Waals surface area contributed by atoms with Crippen molar-refractivity contribution in [3.05, 3.63) is 52.5 Å². The quantitative estimate of drug-likeness (QED) is 0.834. The van der Waals surface area contributed by atoms with Gasteiger partial charge in [0.1, 0.15) is 11.5 Å². The Kier molecular flexibility index (Phi) is 5.47. The molecular formula is C16H18BrNO3. The van der Waals surface area contributed by atoms with Crippen molar-refractivity contribution in [2.24, 2.45) is 0 Å². The molecular weight excluding hydrogens is 334 g/mol. The normalized spacial score (nSPS) is 11.8. The lowest BCUT2D eigenvalue weighted by molar-refractivity contribution is 0.186. The second-order valence-corrected chi connectivity index (χ2v) is 5.34. The molecule has 0 amide bonds. The Morgan fingerprint density at radius 3 is 2.57 bits per heavy atom. The average molecular weight is 352 g/mol. The number of aliphatic hydroxyl groups is 1. The summed E-state index contributed by atoms with van der Waals surface area (Å²) in [6.07, 6.45) is -0.706. The summed E-state index contributed by atoms with van der Waals surface area (Å²) < 4.78 is 11.4. The number of hydrogen-bond acceptors (Lipinski definition) is 4. The number of benzene rings is 2. The predicted molar refractivity (Wildman–Crippen MR) is 87.1 cm³/mol. The van der Waals surface area contributed by atoms with Crippen molar-refractivity contribution in [3.8, 4) is 11.5 Å². The summed E-state index contributed by atoms with van der Waals surface area (Å²) in [6, 6.07) is 13.1. The first-order valence-electron chi connectivity index (χ1n) is 6.54. The number of rotatable bonds is 6. The van der Waals surface area contributed by atoms with E-state index in [1.54, 1.807) is 32.4 Å². The molecule has 2 N–H and O–H groups in total. The second-order valence-electron chi connectivity index (χ2n) is 4.48. The third kappa shape index (κ3) is 3.89. The fourth-order valence-electron chi connectivity index (χ4n) is 2.02. The van der Waals surface area contributed by atoms with E-state index in [2.05, 4.69) is 21.2 Å². The van der Waals surface area contributed by atoms with Crippen molar-refractivity contribution in [2.45, 2.75) is 6.10 Å². The summed E-state index contributed by atoms with van der Waals surface area (Å²) in [5.41, 5.74) is 1.62. The van der Waals surface area contributed by atoms with Crippen LogP contribution in [0, 0.1) is 0 Å². The molecule has 4 nitrogen and oxygen atoms in total. The molecule has 2 aromatic carbocycles. The Labute approximate surface area is 132 Å². The van der Waals surface area contributed by atoms with E-state index in [1.807, 2.05) is 24.3 Å². The first-order valence-corrected chi connectivity index (χ1v) is 7.33. The van der Waals surface area contributed by atoms with E-state index in [4.69, 9.17) is 9.47 Å². The zero-order chi connectivity index (χ0) is 15.2. The fourth-order valence-corrected chi connectivity index (χ4v) is 2.45. The Bertz CT molecular complexity index is 604. The Morgan fingerprint density at radius 1 is 1.14 bits per heavy atom. The summed E-state index contributed by atoms with van der Waals surface area (Å²) in [5.74, 6) is 1.32. The summed E-state index contributed by atoms with van der Waals surface area (Å²) >= 11 is 3.46. The molecule has 0 aliphatic heterocycles. The number of aliphatic hydroxyl groups excluding tert-OH is 1. The molecule has 0 aliphatic rings. The standard InChI is InChI=1S/C16H18BrNO3/c1-20-11-7-8-16(21-2)12(9-11)15(19)10-18-14-6-4-3-5-13(14)17/h3-9,15,18-19H,10H2,1-2H3. The summed E-state index contributed by atoms with van der Waals surface area (Å²) in [4.78, 5) is 0. The number of nitrogens with one attached hydrogen (secondary N) is 1. The van der Waals surface area contributed by atoms with Crippen LogP contribution in [0.15, 0.2) is 46.9 Å². The maximum absolute atomic E-state index is 10.4. The molecule has 1 atom stereocenters. The van der Waals surface area contributed by atoms with Crippen molar-refractivity contribution in [3.63, 3.8) is 0 Å². The van der Waals surface area contributed by atoms with Crippen LogP contribution in [0.25, 0.3) is 0 Å². The van der Waals surface area contributed by atoms with E-state index in [0.717, 1.165) is 10.2 Å². The first-order chi connectivity index (χ1) is 10.2. The van der Waals surface area contributed by atoms with Gasteiger partial charge in [-0.3, -0.25) is 0 Å². The average Bonchev–Trinajstić information content (AvgIpc) is 2.53. The highest BCUT2D eigenvalue weighted by molar-refractivity contribution is 9.10. The van der Waals surface area contributed by atoms with E-state index >= 15 is 0 Å². The Hall–Kier alpha value is -1.72. The van der Waals surface area contributed by atoms with Gasteiger partial charge in [0.25, 0.3) is 0 Å². The summed E-state index contributed by atoms with van der Waals surface area (Å²) in [5, 5.41) is 13.6. The molecule has 2 rings (SSSR count). The van der Waals surface area contributed by atoms with E-state index in [0.29, 0.717) is 23.6 Å². The SMILES string of the molecule is COc1ccc(OC)c(C(O)CNc2ccccc2Br)c1. The van der Waals surface area contributed by atoms with Gasteiger partial charge in [0.05, 0.1) is 20.3 Å². The summed E-state index contributed by atoms with van der Waals surface area (Å²) in [6.45, 7) is 0.367. The predicted octanol–water partition coefficient (Wildman–Crippen LogP) is 3.61. The van der Waals surface area contributed by atoms with Crippen LogP contribution in [0.3, 0.4) is 0 Å².